The largest absolute Gasteiger partial charge is 0.394 e. The van der Waals surface area contributed by atoms with Crippen molar-refractivity contribution in [3.8, 4) is 0 Å². The number of thioether (sulfide) groups is 1. The monoisotopic (exact) mass is 355 g/mol. The molecule has 4 rings (SSSR count). The standard InChI is InChI=1S/C13H17N5O5S/c1-20-13-22-7-5(3-19)21-11(8(7)23-13)18-4-15-6-9(14)16-12(24-2)17-10(6)18/h4-5,7-8,11,13,19H,3H2,1-2H3,(H2,14,16,17)/t5-,7?,8?,11-,13?/m1/s1. The predicted octanol–water partition coefficient (Wildman–Crippen LogP) is -0.266. The van der Waals surface area contributed by atoms with Gasteiger partial charge < -0.3 is 29.8 Å². The van der Waals surface area contributed by atoms with Crippen LogP contribution in [0.2, 0.25) is 0 Å². The molecule has 2 aromatic rings. The van der Waals surface area contributed by atoms with E-state index < -0.39 is 31.0 Å². The Morgan fingerprint density at radius 2 is 2.12 bits per heavy atom. The molecule has 3 unspecified atom stereocenters. The molecule has 2 aliphatic heterocycles. The van der Waals surface area contributed by atoms with Crippen molar-refractivity contribution in [1.29, 1.82) is 0 Å². The third kappa shape index (κ3) is 2.36. The molecule has 24 heavy (non-hydrogen) atoms. The smallest absolute Gasteiger partial charge is 0.272 e. The summed E-state index contributed by atoms with van der Waals surface area (Å²) in [5, 5.41) is 10.1. The highest BCUT2D eigenvalue weighted by Crippen LogP contribution is 2.40. The summed E-state index contributed by atoms with van der Waals surface area (Å²) in [5.41, 5.74) is 6.98. The maximum Gasteiger partial charge on any atom is 0.272 e. The lowest BCUT2D eigenvalue weighted by atomic mass is 10.1. The Labute approximate surface area is 141 Å². The van der Waals surface area contributed by atoms with E-state index in [-0.39, 0.29) is 6.61 Å². The topological polar surface area (TPSA) is 127 Å². The van der Waals surface area contributed by atoms with Gasteiger partial charge in [-0.1, -0.05) is 11.8 Å². The Morgan fingerprint density at radius 1 is 1.33 bits per heavy atom. The van der Waals surface area contributed by atoms with Crippen LogP contribution in [-0.2, 0) is 18.9 Å². The van der Waals surface area contributed by atoms with E-state index in [1.54, 1.807) is 10.9 Å². The maximum atomic E-state index is 9.55. The Kier molecular flexibility index (Phi) is 4.06. The molecule has 0 saturated carbocycles. The number of nitrogens with two attached hydrogens (primary N) is 1. The minimum atomic E-state index is -0.795. The quantitative estimate of drug-likeness (QED) is 0.559. The minimum absolute atomic E-state index is 0.197. The Bertz CT molecular complexity index is 758. The zero-order valence-electron chi connectivity index (χ0n) is 13.0. The van der Waals surface area contributed by atoms with Gasteiger partial charge in [0.2, 0.25) is 0 Å². The number of fused-ring (bicyclic) bond motifs is 2. The average molecular weight is 355 g/mol. The summed E-state index contributed by atoms with van der Waals surface area (Å²) in [4.78, 5) is 12.9. The number of aromatic nitrogens is 4. The number of hydrogen-bond acceptors (Lipinski definition) is 10. The first-order chi connectivity index (χ1) is 11.7. The van der Waals surface area contributed by atoms with Crippen molar-refractivity contribution in [2.24, 2.45) is 0 Å². The summed E-state index contributed by atoms with van der Waals surface area (Å²) in [6.07, 6.45) is 1.44. The number of aliphatic hydroxyl groups excluding tert-OH is 1. The van der Waals surface area contributed by atoms with Crippen molar-refractivity contribution in [2.45, 2.75) is 36.2 Å². The average Bonchev–Trinajstić information content (AvgIpc) is 3.27. The molecule has 0 aromatic carbocycles. The highest BCUT2D eigenvalue weighted by atomic mass is 32.2. The van der Waals surface area contributed by atoms with E-state index in [1.165, 1.54) is 18.9 Å². The van der Waals surface area contributed by atoms with Gasteiger partial charge in [-0.05, 0) is 6.26 Å². The lowest BCUT2D eigenvalue weighted by molar-refractivity contribution is -0.256. The predicted molar refractivity (Wildman–Crippen MR) is 83.1 cm³/mol. The first-order valence-electron chi connectivity index (χ1n) is 7.30. The number of methoxy groups -OCH3 is 1. The summed E-state index contributed by atoms with van der Waals surface area (Å²) in [5.74, 6) is 0.301. The van der Waals surface area contributed by atoms with Crippen molar-refractivity contribution in [3.63, 3.8) is 0 Å². The van der Waals surface area contributed by atoms with Gasteiger partial charge in [0.05, 0.1) is 12.9 Å². The van der Waals surface area contributed by atoms with Gasteiger partial charge in [0.25, 0.3) is 6.48 Å². The van der Waals surface area contributed by atoms with Crippen molar-refractivity contribution in [1.82, 2.24) is 19.5 Å². The molecular weight excluding hydrogens is 338 g/mol. The Morgan fingerprint density at radius 3 is 2.83 bits per heavy atom. The van der Waals surface area contributed by atoms with Crippen LogP contribution in [0.3, 0.4) is 0 Å². The van der Waals surface area contributed by atoms with Gasteiger partial charge in [0.15, 0.2) is 22.8 Å². The molecule has 4 heterocycles. The van der Waals surface area contributed by atoms with Gasteiger partial charge in [0.1, 0.15) is 23.8 Å². The fourth-order valence-electron chi connectivity index (χ4n) is 2.98. The lowest BCUT2D eigenvalue weighted by Gasteiger charge is -2.19. The van der Waals surface area contributed by atoms with Gasteiger partial charge in [-0.15, -0.1) is 0 Å². The molecule has 2 aliphatic rings. The second-order valence-electron chi connectivity index (χ2n) is 5.39. The molecule has 0 amide bonds. The molecule has 5 atom stereocenters. The molecule has 2 aromatic heterocycles. The maximum absolute atomic E-state index is 9.55. The number of imidazole rings is 1. The van der Waals surface area contributed by atoms with Crippen molar-refractivity contribution in [2.75, 3.05) is 25.7 Å². The summed E-state index contributed by atoms with van der Waals surface area (Å²) in [6, 6.07) is 0. The highest BCUT2D eigenvalue weighted by Gasteiger charge is 2.53. The number of anilines is 1. The fourth-order valence-corrected chi connectivity index (χ4v) is 3.35. The molecule has 2 fully saturated rings. The van der Waals surface area contributed by atoms with Gasteiger partial charge in [-0.25, -0.2) is 15.0 Å². The Balaban J connectivity index is 1.75. The third-order valence-electron chi connectivity index (χ3n) is 4.08. The molecule has 0 spiro atoms. The van der Waals surface area contributed by atoms with E-state index in [1.807, 2.05) is 6.26 Å². The fraction of sp³-hybridized carbons (Fsp3) is 0.615. The number of nitrogens with zero attached hydrogens (tertiary/aromatic N) is 4. The number of hydrogen-bond donors (Lipinski definition) is 2. The second-order valence-corrected chi connectivity index (χ2v) is 6.17. The van der Waals surface area contributed by atoms with E-state index in [0.717, 1.165) is 0 Å². The molecule has 11 heteroatoms. The first kappa shape index (κ1) is 16.0. The number of aliphatic hydroxyl groups is 1. The number of nitrogen functional groups attached to an aromatic ring is 1. The normalized spacial score (nSPS) is 32.5. The molecule has 130 valence electrons. The van der Waals surface area contributed by atoms with Crippen LogP contribution < -0.4 is 5.73 Å². The van der Waals surface area contributed by atoms with Gasteiger partial charge in [-0.3, -0.25) is 4.57 Å². The third-order valence-corrected chi connectivity index (χ3v) is 4.63. The lowest BCUT2D eigenvalue weighted by Crippen LogP contribution is -2.31. The van der Waals surface area contributed by atoms with Crippen LogP contribution in [0, 0.1) is 0 Å². The SMILES string of the molecule is COC1OC2C(O1)[C@@H](CO)O[C@H]2n1cnc2c(N)nc(SC)nc21. The van der Waals surface area contributed by atoms with Crippen molar-refractivity contribution < 1.29 is 24.1 Å². The van der Waals surface area contributed by atoms with Crippen LogP contribution in [0.1, 0.15) is 6.23 Å². The van der Waals surface area contributed by atoms with E-state index in [0.29, 0.717) is 22.1 Å². The molecule has 0 radical (unpaired) electrons. The van der Waals surface area contributed by atoms with Gasteiger partial charge >= 0.3 is 0 Å². The molecule has 2 saturated heterocycles. The van der Waals surface area contributed by atoms with E-state index >= 15 is 0 Å². The first-order valence-corrected chi connectivity index (χ1v) is 8.52. The molecular formula is C13H17N5O5S. The van der Waals surface area contributed by atoms with Crippen molar-refractivity contribution >= 4 is 28.7 Å². The van der Waals surface area contributed by atoms with Gasteiger partial charge in [-0.2, -0.15) is 0 Å². The van der Waals surface area contributed by atoms with Crippen LogP contribution in [-0.4, -0.2) is 69.4 Å². The number of rotatable bonds is 4. The summed E-state index contributed by atoms with van der Waals surface area (Å²) < 4.78 is 24.1. The summed E-state index contributed by atoms with van der Waals surface area (Å²) in [6.45, 7) is -0.992. The zero-order chi connectivity index (χ0) is 16.8. The van der Waals surface area contributed by atoms with Crippen LogP contribution in [0.4, 0.5) is 5.82 Å². The molecule has 0 bridgehead atoms. The van der Waals surface area contributed by atoms with Crippen LogP contribution >= 0.6 is 11.8 Å². The zero-order valence-corrected chi connectivity index (χ0v) is 13.8. The van der Waals surface area contributed by atoms with Crippen molar-refractivity contribution in [3.05, 3.63) is 6.33 Å². The molecule has 3 N–H and O–H groups in total. The van der Waals surface area contributed by atoms with E-state index in [4.69, 9.17) is 24.7 Å². The summed E-state index contributed by atoms with van der Waals surface area (Å²) in [7, 11) is 1.49. The van der Waals surface area contributed by atoms with Crippen LogP contribution in [0.25, 0.3) is 11.2 Å². The second kappa shape index (κ2) is 6.10. The van der Waals surface area contributed by atoms with Crippen LogP contribution in [0.15, 0.2) is 11.5 Å². The van der Waals surface area contributed by atoms with E-state index in [9.17, 15) is 5.11 Å². The Hall–Kier alpha value is -1.50. The van der Waals surface area contributed by atoms with E-state index in [2.05, 4.69) is 15.0 Å². The van der Waals surface area contributed by atoms with Gasteiger partial charge in [0, 0.05) is 7.11 Å². The molecule has 10 nitrogen and oxygen atoms in total. The minimum Gasteiger partial charge on any atom is -0.394 e. The highest BCUT2D eigenvalue weighted by molar-refractivity contribution is 7.98. The van der Waals surface area contributed by atoms with Crippen LogP contribution in [0.5, 0.6) is 0 Å². The number of ether oxygens (including phenoxy) is 4. The summed E-state index contributed by atoms with van der Waals surface area (Å²) >= 11 is 1.38. The molecule has 0 aliphatic carbocycles.